The Kier molecular flexibility index (Phi) is 3.87. The van der Waals surface area contributed by atoms with Crippen LogP contribution in [0.15, 0.2) is 18.3 Å². The summed E-state index contributed by atoms with van der Waals surface area (Å²) in [5.74, 6) is 1.09. The summed E-state index contributed by atoms with van der Waals surface area (Å²) in [5.41, 5.74) is 6.15. The number of aromatic nitrogens is 1. The van der Waals surface area contributed by atoms with Crippen LogP contribution in [0.25, 0.3) is 0 Å². The average Bonchev–Trinajstić information content (AvgIpc) is 2.98. The van der Waals surface area contributed by atoms with E-state index in [1.54, 1.807) is 6.20 Å². The van der Waals surface area contributed by atoms with Gasteiger partial charge >= 0.3 is 0 Å². The minimum absolute atomic E-state index is 0.0802. The molecule has 3 heterocycles. The highest BCUT2D eigenvalue weighted by atomic mass is 15.3. The molecule has 108 valence electrons. The maximum atomic E-state index is 7.40. The SMILES string of the molecule is N=C(N)c1ccc(N2CCC(N3CCCCC3)C2)nc1. The minimum Gasteiger partial charge on any atom is -0.384 e. The first-order valence-electron chi connectivity index (χ1n) is 7.53. The Hall–Kier alpha value is -1.62. The lowest BCUT2D eigenvalue weighted by atomic mass is 10.1. The molecule has 3 N–H and O–H groups in total. The van der Waals surface area contributed by atoms with E-state index in [0.717, 1.165) is 18.9 Å². The zero-order chi connectivity index (χ0) is 13.9. The van der Waals surface area contributed by atoms with Gasteiger partial charge in [-0.3, -0.25) is 10.3 Å². The number of hydrogen-bond donors (Lipinski definition) is 2. The monoisotopic (exact) mass is 273 g/mol. The van der Waals surface area contributed by atoms with Gasteiger partial charge in [-0.15, -0.1) is 0 Å². The van der Waals surface area contributed by atoms with E-state index in [1.165, 1.54) is 38.8 Å². The van der Waals surface area contributed by atoms with E-state index in [0.29, 0.717) is 11.6 Å². The van der Waals surface area contributed by atoms with Crippen molar-refractivity contribution in [1.29, 1.82) is 5.41 Å². The molecule has 0 aromatic carbocycles. The number of nitrogens with two attached hydrogens (primary N) is 1. The summed E-state index contributed by atoms with van der Waals surface area (Å²) in [6.07, 6.45) is 7.02. The molecular weight excluding hydrogens is 250 g/mol. The van der Waals surface area contributed by atoms with Gasteiger partial charge in [0.2, 0.25) is 0 Å². The third-order valence-electron chi connectivity index (χ3n) is 4.45. The van der Waals surface area contributed by atoms with Crippen LogP contribution in [0.2, 0.25) is 0 Å². The first kappa shape index (κ1) is 13.4. The summed E-state index contributed by atoms with van der Waals surface area (Å²) in [4.78, 5) is 9.44. The van der Waals surface area contributed by atoms with Gasteiger partial charge < -0.3 is 10.6 Å². The molecule has 1 unspecified atom stereocenters. The Morgan fingerprint density at radius 2 is 2.00 bits per heavy atom. The summed E-state index contributed by atoms with van der Waals surface area (Å²) in [6, 6.07) is 4.55. The van der Waals surface area contributed by atoms with Gasteiger partial charge in [0, 0.05) is 30.9 Å². The smallest absolute Gasteiger partial charge is 0.128 e. The number of hydrogen-bond acceptors (Lipinski definition) is 4. The maximum Gasteiger partial charge on any atom is 0.128 e. The fourth-order valence-electron chi connectivity index (χ4n) is 3.26. The second kappa shape index (κ2) is 5.79. The molecule has 2 fully saturated rings. The van der Waals surface area contributed by atoms with Crippen molar-refractivity contribution in [2.24, 2.45) is 5.73 Å². The standard InChI is InChI=1S/C15H23N5/c16-15(17)12-4-5-14(18-10-12)20-9-6-13(11-20)19-7-2-1-3-8-19/h4-5,10,13H,1-3,6-9,11H2,(H3,16,17). The van der Waals surface area contributed by atoms with Crippen molar-refractivity contribution in [3.8, 4) is 0 Å². The molecule has 0 spiro atoms. The molecule has 2 saturated heterocycles. The number of pyridine rings is 1. The second-order valence-corrected chi connectivity index (χ2v) is 5.80. The van der Waals surface area contributed by atoms with Gasteiger partial charge in [0.1, 0.15) is 11.7 Å². The molecule has 0 bridgehead atoms. The Morgan fingerprint density at radius 3 is 2.65 bits per heavy atom. The fourth-order valence-corrected chi connectivity index (χ4v) is 3.26. The number of anilines is 1. The van der Waals surface area contributed by atoms with Crippen molar-refractivity contribution in [2.45, 2.75) is 31.7 Å². The van der Waals surface area contributed by atoms with Crippen molar-refractivity contribution in [1.82, 2.24) is 9.88 Å². The van der Waals surface area contributed by atoms with E-state index in [9.17, 15) is 0 Å². The summed E-state index contributed by atoms with van der Waals surface area (Å²) < 4.78 is 0. The average molecular weight is 273 g/mol. The molecule has 0 aliphatic carbocycles. The molecule has 0 radical (unpaired) electrons. The summed E-state index contributed by atoms with van der Waals surface area (Å²) in [7, 11) is 0. The van der Waals surface area contributed by atoms with Crippen LogP contribution in [0.5, 0.6) is 0 Å². The Morgan fingerprint density at radius 1 is 1.20 bits per heavy atom. The molecule has 2 aliphatic rings. The van der Waals surface area contributed by atoms with Gasteiger partial charge in [0.15, 0.2) is 0 Å². The van der Waals surface area contributed by atoms with Crippen LogP contribution >= 0.6 is 0 Å². The molecule has 0 saturated carbocycles. The molecule has 2 aliphatic heterocycles. The molecule has 0 amide bonds. The number of nitrogens with zero attached hydrogens (tertiary/aromatic N) is 3. The van der Waals surface area contributed by atoms with E-state index in [4.69, 9.17) is 11.1 Å². The van der Waals surface area contributed by atoms with Gasteiger partial charge in [0.05, 0.1) is 0 Å². The summed E-state index contributed by atoms with van der Waals surface area (Å²) >= 11 is 0. The van der Waals surface area contributed by atoms with E-state index in [1.807, 2.05) is 12.1 Å². The fraction of sp³-hybridized carbons (Fsp3) is 0.600. The first-order chi connectivity index (χ1) is 9.74. The number of piperidine rings is 1. The first-order valence-corrected chi connectivity index (χ1v) is 7.53. The highest BCUT2D eigenvalue weighted by Gasteiger charge is 2.28. The third-order valence-corrected chi connectivity index (χ3v) is 4.45. The largest absolute Gasteiger partial charge is 0.384 e. The van der Waals surface area contributed by atoms with Crippen molar-refractivity contribution >= 4 is 11.7 Å². The van der Waals surface area contributed by atoms with E-state index < -0.39 is 0 Å². The van der Waals surface area contributed by atoms with Crippen LogP contribution in [0.1, 0.15) is 31.2 Å². The number of likely N-dealkylation sites (tertiary alicyclic amines) is 1. The van der Waals surface area contributed by atoms with Gasteiger partial charge in [-0.1, -0.05) is 6.42 Å². The van der Waals surface area contributed by atoms with Crippen LogP contribution in [-0.2, 0) is 0 Å². The lowest BCUT2D eigenvalue weighted by Gasteiger charge is -2.32. The normalized spacial score (nSPS) is 24.0. The van der Waals surface area contributed by atoms with E-state index in [2.05, 4.69) is 14.8 Å². The van der Waals surface area contributed by atoms with Crippen LogP contribution in [-0.4, -0.2) is 47.9 Å². The molecule has 20 heavy (non-hydrogen) atoms. The summed E-state index contributed by atoms with van der Waals surface area (Å²) in [6.45, 7) is 4.67. The van der Waals surface area contributed by atoms with Crippen molar-refractivity contribution in [3.05, 3.63) is 23.9 Å². The van der Waals surface area contributed by atoms with Gasteiger partial charge in [-0.25, -0.2) is 4.98 Å². The number of nitrogen functional groups attached to an aromatic ring is 1. The van der Waals surface area contributed by atoms with Crippen LogP contribution in [0.3, 0.4) is 0 Å². The number of amidine groups is 1. The molecule has 3 rings (SSSR count). The Labute approximate surface area is 120 Å². The number of rotatable bonds is 3. The lowest BCUT2D eigenvalue weighted by molar-refractivity contribution is 0.175. The lowest BCUT2D eigenvalue weighted by Crippen LogP contribution is -2.40. The number of nitrogens with one attached hydrogen (secondary N) is 1. The van der Waals surface area contributed by atoms with E-state index >= 15 is 0 Å². The Balaban J connectivity index is 1.62. The zero-order valence-corrected chi connectivity index (χ0v) is 11.9. The predicted octanol–water partition coefficient (Wildman–Crippen LogP) is 1.43. The van der Waals surface area contributed by atoms with Gasteiger partial charge in [-0.2, -0.15) is 0 Å². The quantitative estimate of drug-likeness (QED) is 0.646. The highest BCUT2D eigenvalue weighted by Crippen LogP contribution is 2.23. The molecule has 1 atom stereocenters. The van der Waals surface area contributed by atoms with Crippen LogP contribution in [0, 0.1) is 5.41 Å². The topological polar surface area (TPSA) is 69.2 Å². The highest BCUT2D eigenvalue weighted by molar-refractivity contribution is 5.94. The predicted molar refractivity (Wildman–Crippen MR) is 81.3 cm³/mol. The second-order valence-electron chi connectivity index (χ2n) is 5.80. The molecule has 1 aromatic heterocycles. The van der Waals surface area contributed by atoms with Crippen molar-refractivity contribution < 1.29 is 0 Å². The van der Waals surface area contributed by atoms with Crippen LogP contribution in [0.4, 0.5) is 5.82 Å². The van der Waals surface area contributed by atoms with Crippen molar-refractivity contribution in [2.75, 3.05) is 31.1 Å². The van der Waals surface area contributed by atoms with Crippen molar-refractivity contribution in [3.63, 3.8) is 0 Å². The van der Waals surface area contributed by atoms with Gasteiger partial charge in [0.25, 0.3) is 0 Å². The minimum atomic E-state index is 0.0802. The zero-order valence-electron chi connectivity index (χ0n) is 11.9. The third kappa shape index (κ3) is 2.77. The van der Waals surface area contributed by atoms with Crippen LogP contribution < -0.4 is 10.6 Å². The summed E-state index contributed by atoms with van der Waals surface area (Å²) in [5, 5.41) is 7.40. The van der Waals surface area contributed by atoms with E-state index in [-0.39, 0.29) is 5.84 Å². The van der Waals surface area contributed by atoms with Gasteiger partial charge in [-0.05, 0) is 44.5 Å². The molecule has 5 nitrogen and oxygen atoms in total. The Bertz CT molecular complexity index is 464. The molecule has 1 aromatic rings. The maximum absolute atomic E-state index is 7.40. The molecular formula is C15H23N5. The molecule has 5 heteroatoms.